The van der Waals surface area contributed by atoms with E-state index in [4.69, 9.17) is 4.74 Å². The highest BCUT2D eigenvalue weighted by molar-refractivity contribution is 4.52. The Balaban J connectivity index is 3.11. The predicted octanol–water partition coefficient (Wildman–Crippen LogP) is 12.5. The zero-order chi connectivity index (χ0) is 26.2. The van der Waals surface area contributed by atoms with Crippen molar-refractivity contribution in [2.75, 3.05) is 6.61 Å². The van der Waals surface area contributed by atoms with Crippen LogP contribution in [-0.4, -0.2) is 12.9 Å². The second-order valence-corrected chi connectivity index (χ2v) is 11.6. The Hall–Kier alpha value is -0.0800. The summed E-state index contributed by atoms with van der Waals surface area (Å²) in [5.41, 5.74) is 0. The summed E-state index contributed by atoms with van der Waals surface area (Å²) >= 11 is 0. The first kappa shape index (κ1) is 35.9. The minimum Gasteiger partial charge on any atom is -0.350 e. The molecule has 0 fully saturated rings. The van der Waals surface area contributed by atoms with Gasteiger partial charge in [0.1, 0.15) is 0 Å². The molecule has 36 heavy (non-hydrogen) atoms. The molecule has 1 unspecified atom stereocenters. The third-order valence-electron chi connectivity index (χ3n) is 7.85. The molecule has 0 amide bonds. The summed E-state index contributed by atoms with van der Waals surface area (Å²) in [6, 6.07) is 0. The van der Waals surface area contributed by atoms with Crippen LogP contribution in [0.1, 0.15) is 206 Å². The standard InChI is InChI=1S/C34H69O2/c1-3-5-7-9-11-13-14-15-16-17-18-19-20-21-22-23-25-27-29-31-33-36-34(35)32-30-28-26-24-12-10-8-6-4-2/h34H,3-33H2,1-2H3. The van der Waals surface area contributed by atoms with Gasteiger partial charge in [0.2, 0.25) is 0 Å². The zero-order valence-electron chi connectivity index (χ0n) is 25.3. The Bertz CT molecular complexity index is 370. The molecule has 0 rings (SSSR count). The Morgan fingerprint density at radius 3 is 0.917 bits per heavy atom. The summed E-state index contributed by atoms with van der Waals surface area (Å²) < 4.78 is 5.50. The zero-order valence-corrected chi connectivity index (χ0v) is 25.3. The van der Waals surface area contributed by atoms with Crippen LogP contribution in [-0.2, 0) is 9.84 Å². The average Bonchev–Trinajstić information content (AvgIpc) is 2.88. The van der Waals surface area contributed by atoms with Crippen LogP contribution in [0.15, 0.2) is 0 Å². The predicted molar refractivity (Wildman–Crippen MR) is 160 cm³/mol. The highest BCUT2D eigenvalue weighted by Gasteiger charge is 2.05. The Labute approximate surface area is 229 Å². The fourth-order valence-electron chi connectivity index (χ4n) is 5.28. The topological polar surface area (TPSA) is 29.1 Å². The van der Waals surface area contributed by atoms with E-state index in [1.807, 2.05) is 0 Å². The number of rotatable bonds is 32. The second kappa shape index (κ2) is 32.9. The SMILES string of the molecule is CCCCCCCCCCCCCCCCCCCCCCOC([O])CCCCCCCCCCC. The normalized spacial score (nSPS) is 12.4. The first-order valence-corrected chi connectivity index (χ1v) is 17.1. The lowest BCUT2D eigenvalue weighted by atomic mass is 10.0. The van der Waals surface area contributed by atoms with E-state index in [-0.39, 0.29) is 0 Å². The minimum absolute atomic E-state index is 0.671. The molecule has 0 aliphatic rings. The summed E-state index contributed by atoms with van der Waals surface area (Å²) in [6.07, 6.45) is 39.7. The fourth-order valence-corrected chi connectivity index (χ4v) is 5.28. The van der Waals surface area contributed by atoms with Crippen molar-refractivity contribution in [3.05, 3.63) is 0 Å². The van der Waals surface area contributed by atoms with Crippen LogP contribution in [0, 0.1) is 0 Å². The molecule has 1 radical (unpaired) electrons. The lowest BCUT2D eigenvalue weighted by Gasteiger charge is -2.10. The van der Waals surface area contributed by atoms with Gasteiger partial charge < -0.3 is 4.74 Å². The lowest BCUT2D eigenvalue weighted by Crippen LogP contribution is -2.11. The van der Waals surface area contributed by atoms with Crippen molar-refractivity contribution >= 4 is 0 Å². The van der Waals surface area contributed by atoms with Crippen LogP contribution in [0.4, 0.5) is 0 Å². The van der Waals surface area contributed by atoms with Crippen molar-refractivity contribution in [1.82, 2.24) is 0 Å². The first-order chi connectivity index (χ1) is 17.8. The van der Waals surface area contributed by atoms with Gasteiger partial charge in [-0.1, -0.05) is 187 Å². The molecule has 0 aromatic heterocycles. The smallest absolute Gasteiger partial charge is 0.191 e. The quantitative estimate of drug-likeness (QED) is 0.0654. The van der Waals surface area contributed by atoms with E-state index in [2.05, 4.69) is 13.8 Å². The molecular weight excluding hydrogens is 440 g/mol. The van der Waals surface area contributed by atoms with Crippen LogP contribution in [0.5, 0.6) is 0 Å². The average molecular weight is 510 g/mol. The highest BCUT2D eigenvalue weighted by Crippen LogP contribution is 2.15. The molecule has 1 atom stereocenters. The maximum atomic E-state index is 11.9. The van der Waals surface area contributed by atoms with Gasteiger partial charge in [0, 0.05) is 13.0 Å². The van der Waals surface area contributed by atoms with Crippen LogP contribution in [0.25, 0.3) is 0 Å². The van der Waals surface area contributed by atoms with E-state index in [0.717, 1.165) is 12.8 Å². The Morgan fingerprint density at radius 2 is 0.611 bits per heavy atom. The van der Waals surface area contributed by atoms with Gasteiger partial charge in [-0.25, -0.2) is 5.11 Å². The third-order valence-corrected chi connectivity index (χ3v) is 7.85. The van der Waals surface area contributed by atoms with E-state index < -0.39 is 6.29 Å². The van der Waals surface area contributed by atoms with Crippen molar-refractivity contribution in [3.63, 3.8) is 0 Å². The molecule has 0 spiro atoms. The summed E-state index contributed by atoms with van der Waals surface area (Å²) in [7, 11) is 0. The highest BCUT2D eigenvalue weighted by atomic mass is 16.6. The molecule has 2 nitrogen and oxygen atoms in total. The van der Waals surface area contributed by atoms with Crippen molar-refractivity contribution < 1.29 is 9.84 Å². The first-order valence-electron chi connectivity index (χ1n) is 17.1. The monoisotopic (exact) mass is 510 g/mol. The van der Waals surface area contributed by atoms with E-state index >= 15 is 0 Å². The van der Waals surface area contributed by atoms with Crippen molar-refractivity contribution in [2.45, 2.75) is 213 Å². The van der Waals surface area contributed by atoms with Crippen LogP contribution in [0.2, 0.25) is 0 Å². The Kier molecular flexibility index (Phi) is 32.9. The molecule has 0 aliphatic heterocycles. The molecule has 0 bridgehead atoms. The molecule has 0 aromatic carbocycles. The molecule has 0 N–H and O–H groups in total. The largest absolute Gasteiger partial charge is 0.350 e. The summed E-state index contributed by atoms with van der Waals surface area (Å²) in [6.45, 7) is 5.24. The van der Waals surface area contributed by atoms with Gasteiger partial charge in [-0.05, 0) is 12.8 Å². The minimum atomic E-state index is -0.783. The molecule has 0 aromatic rings. The second-order valence-electron chi connectivity index (χ2n) is 11.6. The number of ether oxygens (including phenoxy) is 1. The lowest BCUT2D eigenvalue weighted by molar-refractivity contribution is -0.144. The summed E-state index contributed by atoms with van der Waals surface area (Å²) in [5.74, 6) is 0. The molecule has 0 heterocycles. The van der Waals surface area contributed by atoms with Crippen LogP contribution >= 0.6 is 0 Å². The van der Waals surface area contributed by atoms with E-state index in [1.165, 1.54) is 173 Å². The van der Waals surface area contributed by atoms with E-state index in [1.54, 1.807) is 0 Å². The Morgan fingerprint density at radius 1 is 0.361 bits per heavy atom. The molecule has 2 heteroatoms. The van der Waals surface area contributed by atoms with Crippen molar-refractivity contribution in [1.29, 1.82) is 0 Å². The molecular formula is C34H69O2. The van der Waals surface area contributed by atoms with Gasteiger partial charge in [-0.2, -0.15) is 0 Å². The van der Waals surface area contributed by atoms with Crippen molar-refractivity contribution in [2.24, 2.45) is 0 Å². The van der Waals surface area contributed by atoms with Gasteiger partial charge >= 0.3 is 0 Å². The number of hydrogen-bond acceptors (Lipinski definition) is 1. The summed E-state index contributed by atoms with van der Waals surface area (Å²) in [5, 5.41) is 11.9. The molecule has 0 saturated heterocycles. The summed E-state index contributed by atoms with van der Waals surface area (Å²) in [4.78, 5) is 0. The van der Waals surface area contributed by atoms with Gasteiger partial charge in [0.15, 0.2) is 6.29 Å². The van der Waals surface area contributed by atoms with Crippen molar-refractivity contribution in [3.8, 4) is 0 Å². The van der Waals surface area contributed by atoms with E-state index in [9.17, 15) is 5.11 Å². The van der Waals surface area contributed by atoms with E-state index in [0.29, 0.717) is 13.0 Å². The van der Waals surface area contributed by atoms with Gasteiger partial charge in [-0.3, -0.25) is 0 Å². The third kappa shape index (κ3) is 31.9. The molecule has 0 saturated carbocycles. The number of unbranched alkanes of at least 4 members (excludes halogenated alkanes) is 27. The maximum absolute atomic E-state index is 11.9. The maximum Gasteiger partial charge on any atom is 0.191 e. The fraction of sp³-hybridized carbons (Fsp3) is 1.00. The van der Waals surface area contributed by atoms with Gasteiger partial charge in [-0.15, -0.1) is 0 Å². The van der Waals surface area contributed by atoms with Crippen LogP contribution < -0.4 is 0 Å². The molecule has 0 aliphatic carbocycles. The molecule has 217 valence electrons. The van der Waals surface area contributed by atoms with Gasteiger partial charge in [0.05, 0.1) is 0 Å². The van der Waals surface area contributed by atoms with Gasteiger partial charge in [0.25, 0.3) is 0 Å². The number of hydrogen-bond donors (Lipinski definition) is 0. The van der Waals surface area contributed by atoms with Crippen LogP contribution in [0.3, 0.4) is 0 Å².